The Morgan fingerprint density at radius 2 is 2.08 bits per heavy atom. The number of hydrogen-bond donors (Lipinski definition) is 0. The van der Waals surface area contributed by atoms with E-state index < -0.39 is 0 Å². The second-order valence-corrected chi connectivity index (χ2v) is 5.19. The van der Waals surface area contributed by atoms with Gasteiger partial charge in [0.05, 0.1) is 14.8 Å². The van der Waals surface area contributed by atoms with Crippen molar-refractivity contribution in [3.63, 3.8) is 0 Å². The van der Waals surface area contributed by atoms with E-state index in [0.717, 1.165) is 21.3 Å². The summed E-state index contributed by atoms with van der Waals surface area (Å²) in [7, 11) is 0. The smallest absolute Gasteiger partial charge is 0.0622 e. The highest BCUT2D eigenvalue weighted by atomic mass is 35.5. The van der Waals surface area contributed by atoms with Gasteiger partial charge >= 0.3 is 0 Å². The lowest BCUT2D eigenvalue weighted by Gasteiger charge is -2.14. The van der Waals surface area contributed by atoms with Crippen LogP contribution >= 0.6 is 35.1 Å². The third kappa shape index (κ3) is 2.52. The monoisotopic (exact) mass is 216 g/mol. The fourth-order valence-electron chi connectivity index (χ4n) is 0.823. The minimum atomic E-state index is 0.481. The van der Waals surface area contributed by atoms with Crippen LogP contribution in [-0.4, -0.2) is 11.5 Å². The highest BCUT2D eigenvalue weighted by Gasteiger charge is 2.12. The van der Waals surface area contributed by atoms with Crippen LogP contribution < -0.4 is 0 Å². The molecule has 1 rings (SSSR count). The summed E-state index contributed by atoms with van der Waals surface area (Å²) in [5.74, 6) is 4.85. The first-order valence-electron chi connectivity index (χ1n) is 3.57. The normalized spacial score (nSPS) is 16.8. The Balaban J connectivity index is 2.84. The molecule has 0 aromatic carbocycles. The minimum absolute atomic E-state index is 0.481. The van der Waals surface area contributed by atoms with Gasteiger partial charge < -0.3 is 0 Å². The Labute approximate surface area is 86.8 Å². The molecule has 0 aromatic rings. The summed E-state index contributed by atoms with van der Waals surface area (Å²) in [5, 5.41) is 0.481. The summed E-state index contributed by atoms with van der Waals surface area (Å²) >= 11 is 9.31. The average Bonchev–Trinajstić information content (AvgIpc) is 2.07. The number of thioether (sulfide) groups is 2. The predicted molar refractivity (Wildman–Crippen MR) is 60.4 cm³/mol. The van der Waals surface area contributed by atoms with Crippen molar-refractivity contribution >= 4 is 35.1 Å². The van der Waals surface area contributed by atoms with Crippen LogP contribution in [0.1, 0.15) is 6.42 Å². The van der Waals surface area contributed by atoms with Gasteiger partial charge in [-0.3, -0.25) is 0 Å². The molecular weight excluding hydrogens is 208 g/mol. The van der Waals surface area contributed by atoms with E-state index >= 15 is 0 Å². The lowest BCUT2D eigenvalue weighted by Crippen LogP contribution is -1.94. The average molecular weight is 217 g/mol. The topological polar surface area (TPSA) is 0 Å². The van der Waals surface area contributed by atoms with Crippen molar-refractivity contribution < 1.29 is 0 Å². The van der Waals surface area contributed by atoms with Gasteiger partial charge in [0.25, 0.3) is 0 Å². The first kappa shape index (κ1) is 10.1. The van der Waals surface area contributed by atoms with E-state index in [1.165, 1.54) is 6.42 Å². The molecule has 12 heavy (non-hydrogen) atoms. The van der Waals surface area contributed by atoms with Gasteiger partial charge in [-0.2, -0.15) is 0 Å². The number of allylic oxidation sites excluding steroid dienone is 2. The quantitative estimate of drug-likeness (QED) is 0.616. The number of hydrogen-bond acceptors (Lipinski definition) is 2. The van der Waals surface area contributed by atoms with Gasteiger partial charge in [0.1, 0.15) is 0 Å². The molecule has 0 saturated carbocycles. The van der Waals surface area contributed by atoms with Gasteiger partial charge in [-0.1, -0.05) is 24.1 Å². The summed E-state index contributed by atoms with van der Waals surface area (Å²) in [6, 6.07) is 0. The molecule has 0 radical (unpaired) electrons. The zero-order valence-electron chi connectivity index (χ0n) is 6.60. The molecule has 0 aliphatic carbocycles. The Morgan fingerprint density at radius 3 is 2.50 bits per heavy atom. The molecule has 0 spiro atoms. The van der Waals surface area contributed by atoms with E-state index in [4.69, 9.17) is 18.0 Å². The molecule has 0 amide bonds. The lowest BCUT2D eigenvalue weighted by molar-refractivity contribution is 1.12. The second-order valence-electron chi connectivity index (χ2n) is 2.26. The molecule has 0 bridgehead atoms. The molecular formula is C9H9ClS2. The molecule has 0 nitrogen and oxygen atoms in total. The van der Waals surface area contributed by atoms with E-state index in [9.17, 15) is 0 Å². The van der Waals surface area contributed by atoms with Gasteiger partial charge in [-0.25, -0.2) is 0 Å². The lowest BCUT2D eigenvalue weighted by atomic mass is 10.3. The zero-order chi connectivity index (χ0) is 8.97. The fraction of sp³-hybridized carbons (Fsp3) is 0.333. The van der Waals surface area contributed by atoms with Crippen LogP contribution in [0.5, 0.6) is 0 Å². The predicted octanol–water partition coefficient (Wildman–Crippen LogP) is 3.45. The molecule has 0 atom stereocenters. The van der Waals surface area contributed by atoms with Crippen molar-refractivity contribution in [1.82, 2.24) is 0 Å². The second kappa shape index (κ2) is 4.91. The van der Waals surface area contributed by atoms with Crippen molar-refractivity contribution in [1.29, 1.82) is 0 Å². The molecule has 1 aliphatic heterocycles. The molecule has 1 heterocycles. The third-order valence-electron chi connectivity index (χ3n) is 1.37. The van der Waals surface area contributed by atoms with Crippen molar-refractivity contribution in [2.24, 2.45) is 0 Å². The van der Waals surface area contributed by atoms with E-state index in [1.54, 1.807) is 23.5 Å². The standard InChI is InChI=1S/C9H9ClS2/c1-3-8(7(2)10)9-11-5-4-6-12-9/h1H,2,4-6H2. The SMILES string of the molecule is C#CC(C(=C)Cl)=C1SCCCS1. The van der Waals surface area contributed by atoms with E-state index in [1.807, 2.05) is 0 Å². The highest BCUT2D eigenvalue weighted by Crippen LogP contribution is 2.39. The van der Waals surface area contributed by atoms with Gasteiger partial charge in [0.15, 0.2) is 0 Å². The van der Waals surface area contributed by atoms with E-state index in [-0.39, 0.29) is 0 Å². The first-order chi connectivity index (χ1) is 5.75. The van der Waals surface area contributed by atoms with E-state index in [0.29, 0.717) is 5.03 Å². The molecule has 3 heteroatoms. The van der Waals surface area contributed by atoms with Crippen LogP contribution in [0.15, 0.2) is 21.4 Å². The minimum Gasteiger partial charge on any atom is -0.118 e. The maximum absolute atomic E-state index is 5.76. The third-order valence-corrected chi connectivity index (χ3v) is 4.19. The molecule has 0 unspecified atom stereocenters. The van der Waals surface area contributed by atoms with Crippen molar-refractivity contribution in [3.8, 4) is 12.3 Å². The van der Waals surface area contributed by atoms with Crippen molar-refractivity contribution in [2.75, 3.05) is 11.5 Å². The maximum Gasteiger partial charge on any atom is 0.0622 e. The molecule has 1 saturated heterocycles. The Bertz CT molecular complexity index is 252. The Hall–Kier alpha value is 0.0300. The van der Waals surface area contributed by atoms with Crippen molar-refractivity contribution in [3.05, 3.63) is 21.4 Å². The van der Waals surface area contributed by atoms with Gasteiger partial charge in [0, 0.05) is 0 Å². The van der Waals surface area contributed by atoms with Crippen LogP contribution in [0.4, 0.5) is 0 Å². The fourth-order valence-corrected chi connectivity index (χ4v) is 3.70. The summed E-state index contributed by atoms with van der Waals surface area (Å²) in [5.41, 5.74) is 0.770. The highest BCUT2D eigenvalue weighted by molar-refractivity contribution is 8.22. The van der Waals surface area contributed by atoms with Crippen LogP contribution in [0.3, 0.4) is 0 Å². The van der Waals surface area contributed by atoms with Crippen LogP contribution in [0.25, 0.3) is 0 Å². The zero-order valence-corrected chi connectivity index (χ0v) is 8.99. The number of halogens is 1. The van der Waals surface area contributed by atoms with Gasteiger partial charge in [0.2, 0.25) is 0 Å². The molecule has 64 valence electrons. The van der Waals surface area contributed by atoms with Crippen LogP contribution in [0.2, 0.25) is 0 Å². The molecule has 0 N–H and O–H groups in total. The summed E-state index contributed by atoms with van der Waals surface area (Å²) in [4.78, 5) is 0. The maximum atomic E-state index is 5.76. The number of rotatable bonds is 1. The Kier molecular flexibility index (Phi) is 4.14. The molecule has 1 fully saturated rings. The Morgan fingerprint density at radius 1 is 1.50 bits per heavy atom. The van der Waals surface area contributed by atoms with Gasteiger partial charge in [-0.15, -0.1) is 29.9 Å². The molecule has 1 aliphatic rings. The van der Waals surface area contributed by atoms with Crippen molar-refractivity contribution in [2.45, 2.75) is 6.42 Å². The number of terminal acetylenes is 1. The summed E-state index contributed by atoms with van der Waals surface area (Å²) < 4.78 is 1.16. The largest absolute Gasteiger partial charge is 0.118 e. The van der Waals surface area contributed by atoms with Crippen LogP contribution in [0, 0.1) is 12.3 Å². The molecule has 0 aromatic heterocycles. The van der Waals surface area contributed by atoms with E-state index in [2.05, 4.69) is 12.5 Å². The van der Waals surface area contributed by atoms with Crippen LogP contribution in [-0.2, 0) is 0 Å². The summed E-state index contributed by atoms with van der Waals surface area (Å²) in [6.07, 6.45) is 6.57. The summed E-state index contributed by atoms with van der Waals surface area (Å²) in [6.45, 7) is 3.64. The van der Waals surface area contributed by atoms with Gasteiger partial charge in [-0.05, 0) is 17.9 Å². The first-order valence-corrected chi connectivity index (χ1v) is 5.92.